The van der Waals surface area contributed by atoms with Gasteiger partial charge in [0.2, 0.25) is 0 Å². The summed E-state index contributed by atoms with van der Waals surface area (Å²) in [6.45, 7) is 4.83. The summed E-state index contributed by atoms with van der Waals surface area (Å²) in [7, 11) is 1.49. The lowest BCUT2D eigenvalue weighted by atomic mass is 9.77. The zero-order valence-corrected chi connectivity index (χ0v) is 20.8. The van der Waals surface area contributed by atoms with E-state index in [9.17, 15) is 4.79 Å². The molecule has 0 amide bonds. The molecule has 2 aromatic rings. The highest BCUT2D eigenvalue weighted by Gasteiger charge is 2.41. The average Bonchev–Trinajstić information content (AvgIpc) is 3.57. The van der Waals surface area contributed by atoms with Crippen LogP contribution in [0.5, 0.6) is 11.6 Å². The van der Waals surface area contributed by atoms with Crippen molar-refractivity contribution < 1.29 is 28.3 Å². The lowest BCUT2D eigenvalue weighted by molar-refractivity contribution is -0.159. The summed E-state index contributed by atoms with van der Waals surface area (Å²) in [6.07, 6.45) is 9.39. The molecular formula is C27H38N2O6. The molecule has 0 bridgehead atoms. The number of piperidine rings is 1. The molecule has 2 aliphatic heterocycles. The van der Waals surface area contributed by atoms with Crippen LogP contribution in [-0.4, -0.2) is 68.7 Å². The number of hydrogen-bond donors (Lipinski definition) is 0. The van der Waals surface area contributed by atoms with Crippen molar-refractivity contribution in [2.75, 3.05) is 46.6 Å². The summed E-state index contributed by atoms with van der Waals surface area (Å²) in [5.74, 6) is 1.74. The summed E-state index contributed by atoms with van der Waals surface area (Å²) >= 11 is 0. The van der Waals surface area contributed by atoms with Crippen molar-refractivity contribution in [3.05, 3.63) is 18.2 Å². The van der Waals surface area contributed by atoms with Gasteiger partial charge in [-0.2, -0.15) is 0 Å². The van der Waals surface area contributed by atoms with Crippen LogP contribution in [0.1, 0.15) is 57.8 Å². The first-order valence-corrected chi connectivity index (χ1v) is 13.2. The van der Waals surface area contributed by atoms with E-state index < -0.39 is 0 Å². The van der Waals surface area contributed by atoms with Crippen molar-refractivity contribution >= 4 is 16.9 Å². The van der Waals surface area contributed by atoms with Crippen LogP contribution in [0.15, 0.2) is 22.7 Å². The van der Waals surface area contributed by atoms with Gasteiger partial charge in [-0.3, -0.25) is 4.79 Å². The Bertz CT molecular complexity index is 971. The van der Waals surface area contributed by atoms with Crippen molar-refractivity contribution in [2.24, 2.45) is 11.3 Å². The largest absolute Gasteiger partial charge is 0.489 e. The normalized spacial score (nSPS) is 21.9. The van der Waals surface area contributed by atoms with E-state index in [-0.39, 0.29) is 17.5 Å². The number of likely N-dealkylation sites (tertiary alicyclic amines) is 1. The van der Waals surface area contributed by atoms with E-state index in [0.29, 0.717) is 37.2 Å². The van der Waals surface area contributed by atoms with E-state index >= 15 is 0 Å². The van der Waals surface area contributed by atoms with Crippen LogP contribution in [0.4, 0.5) is 0 Å². The van der Waals surface area contributed by atoms with Crippen molar-refractivity contribution in [1.29, 1.82) is 0 Å². The van der Waals surface area contributed by atoms with Gasteiger partial charge in [-0.25, -0.2) is 0 Å². The summed E-state index contributed by atoms with van der Waals surface area (Å²) in [5, 5.41) is 5.05. The Morgan fingerprint density at radius 3 is 2.66 bits per heavy atom. The SMILES string of the molecule is COC(=O)C1(CCN2CCC(COc3noc4cccc(OC5CCCC5)c34)CC2)CCOCC1. The molecule has 0 radical (unpaired) electrons. The molecule has 1 aliphatic carbocycles. The fraction of sp³-hybridized carbons (Fsp3) is 0.704. The van der Waals surface area contributed by atoms with Gasteiger partial charge in [-0.1, -0.05) is 6.07 Å². The van der Waals surface area contributed by atoms with Crippen LogP contribution < -0.4 is 9.47 Å². The molecule has 35 heavy (non-hydrogen) atoms. The fourth-order valence-electron chi connectivity index (χ4n) is 5.80. The Kier molecular flexibility index (Phi) is 7.78. The van der Waals surface area contributed by atoms with Crippen molar-refractivity contribution in [2.45, 2.75) is 63.9 Å². The molecule has 8 nitrogen and oxygen atoms in total. The number of aromatic nitrogens is 1. The molecule has 1 saturated carbocycles. The standard InChI is InChI=1S/C27H38N2O6/c1-31-26(30)27(12-17-32-18-13-27)11-16-29-14-9-20(10-15-29)19-33-25-24-22(34-21-5-2-3-6-21)7-4-8-23(24)35-28-25/h4,7-8,20-21H,2-3,5-6,9-19H2,1H3. The number of hydrogen-bond acceptors (Lipinski definition) is 8. The molecule has 8 heteroatoms. The fourth-order valence-corrected chi connectivity index (χ4v) is 5.80. The monoisotopic (exact) mass is 486 g/mol. The summed E-state index contributed by atoms with van der Waals surface area (Å²) in [4.78, 5) is 15.0. The maximum atomic E-state index is 12.5. The first-order valence-electron chi connectivity index (χ1n) is 13.2. The summed E-state index contributed by atoms with van der Waals surface area (Å²) in [5.41, 5.74) is 0.317. The van der Waals surface area contributed by atoms with Crippen molar-refractivity contribution in [3.8, 4) is 11.6 Å². The van der Waals surface area contributed by atoms with E-state index in [2.05, 4.69) is 10.1 Å². The smallest absolute Gasteiger partial charge is 0.312 e. The number of methoxy groups -OCH3 is 1. The van der Waals surface area contributed by atoms with Gasteiger partial charge in [0.25, 0.3) is 5.88 Å². The Labute approximate surface area is 207 Å². The quantitative estimate of drug-likeness (QED) is 0.476. The van der Waals surface area contributed by atoms with E-state index in [0.717, 1.165) is 75.7 Å². The topological polar surface area (TPSA) is 83.3 Å². The zero-order valence-electron chi connectivity index (χ0n) is 20.8. The lowest BCUT2D eigenvalue weighted by Gasteiger charge is -2.38. The Morgan fingerprint density at radius 1 is 1.14 bits per heavy atom. The highest BCUT2D eigenvalue weighted by molar-refractivity contribution is 5.88. The van der Waals surface area contributed by atoms with Gasteiger partial charge in [-0.05, 0) is 101 Å². The van der Waals surface area contributed by atoms with Gasteiger partial charge >= 0.3 is 5.97 Å². The van der Waals surface area contributed by atoms with Gasteiger partial charge < -0.3 is 28.4 Å². The third kappa shape index (κ3) is 5.59. The number of carbonyl (C=O) groups excluding carboxylic acids is 1. The van der Waals surface area contributed by atoms with Gasteiger partial charge in [0.1, 0.15) is 11.1 Å². The van der Waals surface area contributed by atoms with E-state index in [4.69, 9.17) is 23.5 Å². The van der Waals surface area contributed by atoms with Crippen LogP contribution >= 0.6 is 0 Å². The Balaban J connectivity index is 1.12. The summed E-state index contributed by atoms with van der Waals surface area (Å²) in [6, 6.07) is 5.85. The number of nitrogens with zero attached hydrogens (tertiary/aromatic N) is 2. The van der Waals surface area contributed by atoms with Crippen molar-refractivity contribution in [1.82, 2.24) is 10.1 Å². The van der Waals surface area contributed by atoms with Crippen LogP contribution in [0.25, 0.3) is 11.0 Å². The molecule has 1 aromatic heterocycles. The predicted octanol–water partition coefficient (Wildman–Crippen LogP) is 4.60. The maximum absolute atomic E-state index is 12.5. The lowest BCUT2D eigenvalue weighted by Crippen LogP contribution is -2.43. The van der Waals surface area contributed by atoms with Gasteiger partial charge in [0.05, 0.1) is 25.2 Å². The number of fused-ring (bicyclic) bond motifs is 1. The van der Waals surface area contributed by atoms with Gasteiger partial charge in [0.15, 0.2) is 5.58 Å². The van der Waals surface area contributed by atoms with Crippen molar-refractivity contribution in [3.63, 3.8) is 0 Å². The number of esters is 1. The number of ether oxygens (including phenoxy) is 4. The molecular weight excluding hydrogens is 448 g/mol. The Morgan fingerprint density at radius 2 is 1.91 bits per heavy atom. The third-order valence-corrected chi connectivity index (χ3v) is 8.16. The molecule has 0 N–H and O–H groups in total. The predicted molar refractivity (Wildman–Crippen MR) is 131 cm³/mol. The molecule has 192 valence electrons. The van der Waals surface area contributed by atoms with Crippen LogP contribution in [-0.2, 0) is 14.3 Å². The van der Waals surface area contributed by atoms with E-state index in [1.807, 2.05) is 18.2 Å². The molecule has 0 spiro atoms. The van der Waals surface area contributed by atoms with Gasteiger partial charge in [0, 0.05) is 13.2 Å². The maximum Gasteiger partial charge on any atom is 0.312 e. The first-order chi connectivity index (χ1) is 17.2. The Hall–Kier alpha value is -2.32. The molecule has 5 rings (SSSR count). The van der Waals surface area contributed by atoms with E-state index in [1.165, 1.54) is 20.0 Å². The second-order valence-electron chi connectivity index (χ2n) is 10.4. The summed E-state index contributed by atoms with van der Waals surface area (Å²) < 4.78 is 28.6. The zero-order chi connectivity index (χ0) is 24.1. The van der Waals surface area contributed by atoms with Crippen LogP contribution in [0.3, 0.4) is 0 Å². The number of carbonyl (C=O) groups is 1. The second kappa shape index (κ2) is 11.2. The molecule has 2 saturated heterocycles. The average molecular weight is 487 g/mol. The first kappa shape index (κ1) is 24.4. The molecule has 0 atom stereocenters. The minimum atomic E-state index is -0.390. The third-order valence-electron chi connectivity index (χ3n) is 8.16. The molecule has 3 fully saturated rings. The van der Waals surface area contributed by atoms with Gasteiger partial charge in [-0.15, -0.1) is 0 Å². The minimum Gasteiger partial charge on any atom is -0.489 e. The number of benzene rings is 1. The molecule has 1 aromatic carbocycles. The van der Waals surface area contributed by atoms with E-state index in [1.54, 1.807) is 0 Å². The van der Waals surface area contributed by atoms with Crippen LogP contribution in [0.2, 0.25) is 0 Å². The molecule has 3 aliphatic rings. The molecule has 0 unspecified atom stereocenters. The second-order valence-corrected chi connectivity index (χ2v) is 10.4. The highest BCUT2D eigenvalue weighted by Crippen LogP contribution is 2.38. The minimum absolute atomic E-state index is 0.0831. The molecule has 3 heterocycles. The highest BCUT2D eigenvalue weighted by atomic mass is 16.5. The van der Waals surface area contributed by atoms with Crippen LogP contribution in [0, 0.1) is 11.3 Å². The number of rotatable bonds is 9.